The van der Waals surface area contributed by atoms with Crippen LogP contribution in [0.1, 0.15) is 182 Å². The second-order valence-corrected chi connectivity index (χ2v) is 36.7. The molecule has 31 heteroatoms. The van der Waals surface area contributed by atoms with Gasteiger partial charge in [-0.3, -0.25) is 38.9 Å². The first kappa shape index (κ1) is 119. The summed E-state index contributed by atoms with van der Waals surface area (Å²) >= 11 is 17.5. The minimum absolute atomic E-state index is 0.00409. The van der Waals surface area contributed by atoms with E-state index in [0.29, 0.717) is 71.4 Å². The average molecular weight is 1930 g/mol. The molecule has 0 aromatic heterocycles. The van der Waals surface area contributed by atoms with E-state index >= 15 is 0 Å². The largest absolute Gasteiger partial charge is 0.490 e. The zero-order valence-corrected chi connectivity index (χ0v) is 83.6. The number of esters is 3. The summed E-state index contributed by atoms with van der Waals surface area (Å²) in [6, 6.07) is 15.5. The van der Waals surface area contributed by atoms with Crippen LogP contribution in [-0.2, 0) is 85.9 Å². The maximum atomic E-state index is 13.1. The van der Waals surface area contributed by atoms with Crippen LogP contribution in [0.4, 0.5) is 16.2 Å². The lowest BCUT2D eigenvalue weighted by Gasteiger charge is -2.29. The summed E-state index contributed by atoms with van der Waals surface area (Å²) in [5, 5.41) is 30.7. The van der Waals surface area contributed by atoms with Gasteiger partial charge in [0.15, 0.2) is 17.3 Å². The second-order valence-electron chi connectivity index (χ2n) is 34.9. The molecule has 3 heterocycles. The molecule has 0 spiro atoms. The number of benzene rings is 2. The van der Waals surface area contributed by atoms with Gasteiger partial charge < -0.3 is 70.2 Å². The Balaban J connectivity index is 0.000000656. The highest BCUT2D eigenvalue weighted by Crippen LogP contribution is 2.28. The third-order valence-corrected chi connectivity index (χ3v) is 20.2. The van der Waals surface area contributed by atoms with Crippen molar-refractivity contribution in [3.8, 4) is 0 Å². The van der Waals surface area contributed by atoms with Crippen LogP contribution >= 0.6 is 34.8 Å². The summed E-state index contributed by atoms with van der Waals surface area (Å²) in [4.78, 5) is 149. The molecule has 0 saturated heterocycles. The summed E-state index contributed by atoms with van der Waals surface area (Å²) in [6.45, 7) is 33.5. The number of carbonyl (C=O) groups is 11. The molecule has 3 aliphatic rings. The number of cyclic esters (lactones) is 3. The summed E-state index contributed by atoms with van der Waals surface area (Å²) in [5.74, 6) is -3.16. The number of rotatable bonds is 42. The molecular weight excluding hydrogens is 1790 g/mol. The molecular formula is C104H137Cl3N8O20. The lowest BCUT2D eigenvalue weighted by atomic mass is 9.86. The molecule has 7 amide bonds. The van der Waals surface area contributed by atoms with Crippen molar-refractivity contribution in [2.75, 3.05) is 26.6 Å². The topological polar surface area (TPSA) is 386 Å². The molecule has 2 aromatic rings. The highest BCUT2D eigenvalue weighted by Gasteiger charge is 2.36. The number of hydrogen-bond acceptors (Lipinski definition) is 21. The number of Topliss-reactive ketones (excluding diaryl/α,β-unsaturated/α-hetero) is 1. The molecule has 3 aliphatic heterocycles. The van der Waals surface area contributed by atoms with Gasteiger partial charge in [0.1, 0.15) is 48.3 Å². The van der Waals surface area contributed by atoms with Gasteiger partial charge in [0.25, 0.3) is 0 Å². The lowest BCUT2D eigenvalue weighted by molar-refractivity contribution is -0.152. The fraction of sp³-hybridized carbons (Fsp3) is 0.423. The minimum atomic E-state index is -0.831. The summed E-state index contributed by atoms with van der Waals surface area (Å²) in [5.41, 5.74) is 2.41. The van der Waals surface area contributed by atoms with Crippen LogP contribution in [0.2, 0.25) is 0 Å². The van der Waals surface area contributed by atoms with Crippen molar-refractivity contribution in [3.05, 3.63) is 274 Å². The van der Waals surface area contributed by atoms with Crippen LogP contribution in [-0.4, -0.2) is 146 Å². The monoisotopic (exact) mass is 1920 g/mol. The number of carbonyl (C=O) groups excluding carboxylic acids is 12. The Morgan fingerprint density at radius 3 is 1.13 bits per heavy atom. The fourth-order valence-corrected chi connectivity index (χ4v) is 12.7. The lowest BCUT2D eigenvalue weighted by Crippen LogP contribution is -2.52. The Labute approximate surface area is 811 Å². The zero-order chi connectivity index (χ0) is 101. The molecule has 5 rings (SSSR count). The smallest absolute Gasteiger partial charge is 0.411 e. The molecule has 135 heavy (non-hydrogen) atoms. The predicted molar refractivity (Wildman–Crippen MR) is 530 cm³/mol. The quantitative estimate of drug-likeness (QED) is 0.00764. The van der Waals surface area contributed by atoms with Crippen molar-refractivity contribution < 1.29 is 95.8 Å². The molecule has 11 atom stereocenters. The van der Waals surface area contributed by atoms with Gasteiger partial charge in [-0.1, -0.05) is 280 Å². The van der Waals surface area contributed by atoms with E-state index in [9.17, 15) is 62.6 Å². The fourth-order valence-electron chi connectivity index (χ4n) is 12.4. The molecule has 8 N–H and O–H groups in total. The van der Waals surface area contributed by atoms with E-state index in [4.69, 9.17) is 68.0 Å². The first-order chi connectivity index (χ1) is 63.6. The number of hydrogen-bond donors (Lipinski definition) is 8. The van der Waals surface area contributed by atoms with E-state index in [1.54, 1.807) is 148 Å². The number of para-hydroxylation sites is 2. The van der Waals surface area contributed by atoms with E-state index in [0.717, 1.165) is 16.7 Å². The van der Waals surface area contributed by atoms with E-state index < -0.39 is 94.2 Å². The van der Waals surface area contributed by atoms with Crippen molar-refractivity contribution >= 4 is 117 Å². The van der Waals surface area contributed by atoms with Gasteiger partial charge in [0, 0.05) is 108 Å². The molecule has 28 nitrogen and oxygen atoms in total. The van der Waals surface area contributed by atoms with Crippen molar-refractivity contribution in [1.29, 1.82) is 0 Å². The van der Waals surface area contributed by atoms with Gasteiger partial charge in [0.05, 0.1) is 33.1 Å². The number of ether oxygens (including phenoxy) is 7. The van der Waals surface area contributed by atoms with Gasteiger partial charge in [0.2, 0.25) is 41.5 Å². The van der Waals surface area contributed by atoms with E-state index in [2.05, 4.69) is 42.2 Å². The highest BCUT2D eigenvalue weighted by molar-refractivity contribution is 6.29. The number of nitrogens with one attached hydrogen (secondary N) is 7. The normalized spacial score (nSPS) is 17.9. The third-order valence-electron chi connectivity index (χ3n) is 19.7. The number of aliphatic imine (C=N–C) groups is 1. The number of halogens is 3. The predicted octanol–water partition coefficient (Wildman–Crippen LogP) is 19.0. The van der Waals surface area contributed by atoms with Crippen molar-refractivity contribution in [3.63, 3.8) is 0 Å². The number of isocyanates is 1. The molecule has 2 aromatic carbocycles. The number of aliphatic hydroxyl groups excluding tert-OH is 1. The second kappa shape index (κ2) is 63.7. The van der Waals surface area contributed by atoms with Crippen molar-refractivity contribution in [1.82, 2.24) is 31.9 Å². The molecule has 0 bridgehead atoms. The maximum absolute atomic E-state index is 13.1. The van der Waals surface area contributed by atoms with Gasteiger partial charge in [-0.05, 0) is 126 Å². The van der Waals surface area contributed by atoms with E-state index in [1.807, 2.05) is 165 Å². The van der Waals surface area contributed by atoms with E-state index in [1.165, 1.54) is 64.2 Å². The molecule has 0 saturated carbocycles. The van der Waals surface area contributed by atoms with Crippen LogP contribution in [0.25, 0.3) is 0 Å². The number of ketones is 1. The SMILES string of the molecule is COC1=CC[C@@H]([C@@H](C)/C=C(C)/C=C\C=C/C(=O)N[C@H](C(=O)N/C=C\CC(=O)C/C=C(\C)Cl)C(C)(C)C)OC1=O.COC1=CC[C@@H]([C@@H](C)/C=C(C)/C=C\C=C/C(=O)N[C@H](C(=O)N/C=C\C[C@@H](O)C/C=C(\C)Cl)C(C)(C)C)OC1=O.COC1=CC[C@@H]([C@@H](C)/C=C(C)/C=C\C=C/C(=O)N[C@H](C(=O)N/C=C\C[C@H](C/C=C(\C)Cl)OC(=O)Nc2ccccc2)C(C)(C)C)OC1=O.O=C=Nc1ccccc1. The molecule has 0 aliphatic carbocycles. The van der Waals surface area contributed by atoms with Gasteiger partial charge in [-0.15, -0.1) is 0 Å². The molecule has 0 fully saturated rings. The van der Waals surface area contributed by atoms with Gasteiger partial charge in [-0.2, -0.15) is 4.99 Å². The van der Waals surface area contributed by atoms with Crippen molar-refractivity contribution in [2.24, 2.45) is 39.0 Å². The number of nitrogens with zero attached hydrogens (tertiary/aromatic N) is 1. The number of methoxy groups -OCH3 is 3. The highest BCUT2D eigenvalue weighted by atomic mass is 35.5. The molecule has 734 valence electrons. The summed E-state index contributed by atoms with van der Waals surface area (Å²) in [7, 11) is 4.31. The Kier molecular flexibility index (Phi) is 55.9. The molecule has 0 radical (unpaired) electrons. The van der Waals surface area contributed by atoms with E-state index in [-0.39, 0.29) is 83.8 Å². The first-order valence-electron chi connectivity index (χ1n) is 44.2. The Hall–Kier alpha value is -12.5. The minimum Gasteiger partial charge on any atom is -0.490 e. The first-order valence-corrected chi connectivity index (χ1v) is 45.3. The Bertz CT molecular complexity index is 4890. The standard InChI is InChI=1S/C37H48ClN3O7.C30H43ClN2O6.C30H41ClN2O6.C7H5NO/c1-25(24-26(2)30-21-22-31(46-7)35(44)48-30)14-11-12-18-32(42)41-33(37(4,5)6)34(43)39-23-13-17-29(20-19-27(3)38)47-36(45)40-28-15-9-8-10-16-28;2*1-20(19-21(2)24-16-17-25(38-7)29(37)39-24)11-8-9-13-26(35)33-27(30(4,5)6)28(36)32-18-10-12-23(34)15-14-22(3)31;9-6-8-7-4-2-1-3-5-7/h8-16,18-19,22-24,26,29-30,33H,17,20-21H2,1-7H3,(H,39,43)(H,40,45)(H,41,42);8-11,13-14,17-19,21,23-24,27,34H,12,15-16H2,1-7H3,(H,32,36)(H,33,35);8-11,13-14,17-19,21,24,27H,12,15-16H2,1-7H3,(H,32,36)(H,33,35);1-5H/b14-11-,18-12-,23-13-,25-24+,27-19+;2*11-8-,13-9-,18-10-,20-19+,22-14+;/t26-,29+,30-,33+;21-,23+,24-,27+;21-,24-,27+;/m000./s1. The number of anilines is 1. The van der Waals surface area contributed by atoms with Crippen LogP contribution < -0.4 is 37.2 Å². The van der Waals surface area contributed by atoms with Crippen LogP contribution in [0.15, 0.2) is 279 Å². The van der Waals surface area contributed by atoms with Crippen LogP contribution in [0.5, 0.6) is 0 Å². The number of amides is 7. The Morgan fingerprint density at radius 2 is 0.800 bits per heavy atom. The summed E-state index contributed by atoms with van der Waals surface area (Å²) < 4.78 is 36.8. The number of allylic oxidation sites excluding steroid dienone is 17. The summed E-state index contributed by atoms with van der Waals surface area (Å²) in [6.07, 6.45) is 47.6. The molecule has 0 unspecified atom stereocenters. The Morgan fingerprint density at radius 1 is 0.467 bits per heavy atom. The third kappa shape index (κ3) is 52.1. The van der Waals surface area contributed by atoms with Crippen molar-refractivity contribution in [2.45, 2.75) is 231 Å². The van der Waals surface area contributed by atoms with Gasteiger partial charge in [-0.25, -0.2) is 24.0 Å². The van der Waals surface area contributed by atoms with Gasteiger partial charge >= 0.3 is 24.0 Å². The number of aliphatic hydroxyl groups is 1. The zero-order valence-electron chi connectivity index (χ0n) is 81.4. The maximum Gasteiger partial charge on any atom is 0.411 e. The van der Waals surface area contributed by atoms with Crippen LogP contribution in [0, 0.1) is 34.0 Å². The average Bonchev–Trinajstić information content (AvgIpc) is 0.903. The van der Waals surface area contributed by atoms with Crippen LogP contribution in [0.3, 0.4) is 0 Å².